The van der Waals surface area contributed by atoms with Crippen molar-refractivity contribution >= 4 is 35.6 Å². The molecule has 2 aliphatic heterocycles. The molecule has 8 aliphatic rings. The number of Topliss-reactive ketones (excluding diaryl/α,β-unsaturated/α-hetero) is 1. The van der Waals surface area contributed by atoms with E-state index in [2.05, 4.69) is 67.2 Å². The van der Waals surface area contributed by atoms with E-state index >= 15 is 0 Å². The molecule has 7 fully saturated rings. The number of nitrogens with zero attached hydrogens (tertiary/aromatic N) is 2. The molecule has 9 rings (SSSR count). The van der Waals surface area contributed by atoms with Gasteiger partial charge in [-0.25, -0.2) is 0 Å². The first-order valence-corrected chi connectivity index (χ1v) is 27.1. The zero-order chi connectivity index (χ0) is 50.2. The quantitative estimate of drug-likeness (QED) is 0.152. The second-order valence-electron chi connectivity index (χ2n) is 23.6. The standard InChI is InChI=1S/C39H60N2O6.C16H22N2O2.C2H6/c1-20(2)31-28(42)19-39(41-35(46)36(5,6)40-9)17-13-27-23(32(31)39)10-11-30-37(7)16-14-29(22(4)26(37)12-15-38(27,30)8)47-34(45)25-18-24(21(25)3)33(43)44;19-13-14-1-3-15(4-2-14)17-7-5-16(6-8-17)18-9-11-20-12-10-18;1-2/h20-27,29-30,40H,10-19H2,1-9H3,(H,41,46)(H,43,44);1-4,13,16H,5-12H2;1-2H3. The Morgan fingerprint density at radius 1 is 0.855 bits per heavy atom. The third kappa shape index (κ3) is 9.99. The van der Waals surface area contributed by atoms with E-state index in [-0.39, 0.29) is 58.3 Å². The van der Waals surface area contributed by atoms with Crippen LogP contribution in [0.1, 0.15) is 157 Å². The molecule has 12 atom stereocenters. The number of piperidine rings is 1. The molecule has 384 valence electrons. The number of aliphatic carboxylic acids is 1. The number of ketones is 1. The summed E-state index contributed by atoms with van der Waals surface area (Å²) in [6.07, 6.45) is 12.1. The molecule has 0 bridgehead atoms. The molecule has 2 heterocycles. The maximum absolute atomic E-state index is 13.7. The summed E-state index contributed by atoms with van der Waals surface area (Å²) in [4.78, 5) is 67.7. The van der Waals surface area contributed by atoms with E-state index in [0.717, 1.165) is 108 Å². The summed E-state index contributed by atoms with van der Waals surface area (Å²) in [6, 6.07) is 8.62. The summed E-state index contributed by atoms with van der Waals surface area (Å²) >= 11 is 0. The van der Waals surface area contributed by atoms with E-state index < -0.39 is 23.0 Å². The zero-order valence-corrected chi connectivity index (χ0v) is 44.2. The number of rotatable bonds is 10. The molecule has 69 heavy (non-hydrogen) atoms. The molecule has 1 aromatic carbocycles. The topological polar surface area (TPSA) is 155 Å². The van der Waals surface area contributed by atoms with Crippen molar-refractivity contribution in [3.8, 4) is 0 Å². The van der Waals surface area contributed by atoms with Gasteiger partial charge in [0.15, 0.2) is 5.78 Å². The number of ether oxygens (including phenoxy) is 2. The summed E-state index contributed by atoms with van der Waals surface area (Å²) in [6.45, 7) is 27.4. The number of anilines is 1. The lowest BCUT2D eigenvalue weighted by Crippen LogP contribution is -2.64. The Kier molecular flexibility index (Phi) is 16.4. The van der Waals surface area contributed by atoms with Crippen LogP contribution in [0.5, 0.6) is 0 Å². The van der Waals surface area contributed by atoms with Gasteiger partial charge in [-0.3, -0.25) is 28.9 Å². The minimum absolute atomic E-state index is 0.0402. The number of benzene rings is 1. The number of allylic oxidation sites excluding steroid dienone is 1. The average molecular weight is 957 g/mol. The number of nitrogens with one attached hydrogen (secondary N) is 2. The predicted octanol–water partition coefficient (Wildman–Crippen LogP) is 9.15. The maximum Gasteiger partial charge on any atom is 0.309 e. The lowest BCUT2D eigenvalue weighted by molar-refractivity contribution is -0.196. The van der Waals surface area contributed by atoms with Crippen LogP contribution in [-0.2, 0) is 28.7 Å². The third-order valence-electron chi connectivity index (χ3n) is 19.8. The van der Waals surface area contributed by atoms with Gasteiger partial charge in [-0.15, -0.1) is 0 Å². The van der Waals surface area contributed by atoms with E-state index in [4.69, 9.17) is 9.47 Å². The fourth-order valence-corrected chi connectivity index (χ4v) is 15.5. The first-order chi connectivity index (χ1) is 32.8. The van der Waals surface area contributed by atoms with Crippen LogP contribution < -0.4 is 15.5 Å². The summed E-state index contributed by atoms with van der Waals surface area (Å²) in [5, 5.41) is 16.0. The van der Waals surface area contributed by atoms with Gasteiger partial charge >= 0.3 is 11.9 Å². The summed E-state index contributed by atoms with van der Waals surface area (Å²) < 4.78 is 11.6. The number of carboxylic acids is 1. The number of carbonyl (C=O) groups excluding carboxylic acids is 4. The van der Waals surface area contributed by atoms with Gasteiger partial charge in [0.25, 0.3) is 0 Å². The lowest BCUT2D eigenvalue weighted by atomic mass is 9.38. The summed E-state index contributed by atoms with van der Waals surface area (Å²) in [7, 11) is 1.81. The number of aldehydes is 1. The molecule has 12 nitrogen and oxygen atoms in total. The van der Waals surface area contributed by atoms with E-state index in [9.17, 15) is 29.1 Å². The van der Waals surface area contributed by atoms with Gasteiger partial charge < -0.3 is 30.1 Å². The summed E-state index contributed by atoms with van der Waals surface area (Å²) in [5.74, 6) is 0.446. The normalized spacial score (nSPS) is 36.7. The number of carboxylic acid groups (broad SMARTS) is 1. The van der Waals surface area contributed by atoms with Crippen LogP contribution in [0.3, 0.4) is 0 Å². The van der Waals surface area contributed by atoms with Crippen molar-refractivity contribution in [2.45, 2.75) is 170 Å². The first-order valence-electron chi connectivity index (χ1n) is 27.1. The van der Waals surface area contributed by atoms with Crippen molar-refractivity contribution in [1.82, 2.24) is 15.5 Å². The Morgan fingerprint density at radius 2 is 1.48 bits per heavy atom. The van der Waals surface area contributed by atoms with Crippen LogP contribution >= 0.6 is 0 Å². The number of morpholine rings is 1. The average Bonchev–Trinajstić information content (AvgIpc) is 3.64. The summed E-state index contributed by atoms with van der Waals surface area (Å²) in [5.41, 5.74) is 3.22. The van der Waals surface area contributed by atoms with Crippen molar-refractivity contribution in [2.24, 2.45) is 64.1 Å². The highest BCUT2D eigenvalue weighted by atomic mass is 16.5. The highest BCUT2D eigenvalue weighted by molar-refractivity contribution is 6.02. The Hall–Kier alpha value is -3.61. The maximum atomic E-state index is 13.7. The van der Waals surface area contributed by atoms with Gasteiger partial charge in [0, 0.05) is 49.9 Å². The zero-order valence-electron chi connectivity index (χ0n) is 44.2. The van der Waals surface area contributed by atoms with E-state index in [1.54, 1.807) is 0 Å². The van der Waals surface area contributed by atoms with E-state index in [1.165, 1.54) is 24.1 Å². The molecule has 5 saturated carbocycles. The number of esters is 1. The third-order valence-corrected chi connectivity index (χ3v) is 19.8. The molecule has 0 radical (unpaired) electrons. The molecule has 1 amide bonds. The second kappa shape index (κ2) is 21.2. The second-order valence-corrected chi connectivity index (χ2v) is 23.6. The Morgan fingerprint density at radius 3 is 2.07 bits per heavy atom. The molecule has 2 saturated heterocycles. The number of hydrogen-bond donors (Lipinski definition) is 3. The molecule has 0 aromatic heterocycles. The van der Waals surface area contributed by atoms with Gasteiger partial charge in [-0.2, -0.15) is 0 Å². The number of likely N-dealkylation sites (N-methyl/N-ethyl adjacent to an activating group) is 1. The van der Waals surface area contributed by atoms with Gasteiger partial charge in [-0.1, -0.05) is 55.4 Å². The number of fused-ring (bicyclic) bond motifs is 7. The Bertz CT molecular complexity index is 2060. The van der Waals surface area contributed by atoms with E-state index in [1.807, 2.05) is 53.8 Å². The molecule has 6 aliphatic carbocycles. The van der Waals surface area contributed by atoms with Crippen molar-refractivity contribution in [3.05, 3.63) is 41.0 Å². The van der Waals surface area contributed by atoms with Crippen molar-refractivity contribution in [3.63, 3.8) is 0 Å². The van der Waals surface area contributed by atoms with Gasteiger partial charge in [-0.05, 0) is 179 Å². The van der Waals surface area contributed by atoms with Crippen molar-refractivity contribution < 1.29 is 38.6 Å². The number of hydrogen-bond acceptors (Lipinski definition) is 10. The smallest absolute Gasteiger partial charge is 0.309 e. The van der Waals surface area contributed by atoms with E-state index in [0.29, 0.717) is 42.6 Å². The molecule has 3 N–H and O–H groups in total. The van der Waals surface area contributed by atoms with Gasteiger partial charge in [0.05, 0.1) is 36.1 Å². The van der Waals surface area contributed by atoms with Crippen LogP contribution in [0, 0.1) is 64.1 Å². The largest absolute Gasteiger partial charge is 0.481 e. The van der Waals surface area contributed by atoms with Gasteiger partial charge in [0.2, 0.25) is 5.91 Å². The lowest BCUT2D eigenvalue weighted by Gasteiger charge is -2.67. The fraction of sp³-hybridized carbons (Fsp3) is 0.772. The number of amides is 1. The molecule has 1 aromatic rings. The molecule has 0 spiro atoms. The Labute approximate surface area is 414 Å². The Balaban J connectivity index is 0.000000265. The SMILES string of the molecule is CC.CNC(C)(C)C(=O)NC12CCC3C(CCC4C3(C)CCC3C(C)C(OC(=O)C5CC(C(=O)O)C5C)CCC34C)C1=C(C(C)C)C(=O)C2.O=Cc1ccc(N2CCC(N3CCOCC3)CC2)cc1. The van der Waals surface area contributed by atoms with Crippen LogP contribution in [0.25, 0.3) is 0 Å². The molecular weight excluding hydrogens is 869 g/mol. The van der Waals surface area contributed by atoms with Crippen LogP contribution in [-0.4, -0.2) is 110 Å². The highest BCUT2D eigenvalue weighted by Crippen LogP contribution is 2.70. The minimum atomic E-state index is -0.814. The van der Waals surface area contributed by atoms with Gasteiger partial charge in [0.1, 0.15) is 12.4 Å². The molecule has 12 heteroatoms. The molecule has 12 unspecified atom stereocenters. The van der Waals surface area contributed by atoms with Crippen molar-refractivity contribution in [2.75, 3.05) is 51.3 Å². The van der Waals surface area contributed by atoms with Crippen LogP contribution in [0.4, 0.5) is 5.69 Å². The highest BCUT2D eigenvalue weighted by Gasteiger charge is 2.65. The number of carbonyl (C=O) groups is 5. The predicted molar refractivity (Wildman–Crippen MR) is 271 cm³/mol. The monoisotopic (exact) mass is 957 g/mol. The minimum Gasteiger partial charge on any atom is -0.481 e. The van der Waals surface area contributed by atoms with Crippen molar-refractivity contribution in [1.29, 1.82) is 0 Å². The fourth-order valence-electron chi connectivity index (χ4n) is 15.5. The van der Waals surface area contributed by atoms with Crippen LogP contribution in [0.2, 0.25) is 0 Å². The van der Waals surface area contributed by atoms with Crippen LogP contribution in [0.15, 0.2) is 35.4 Å². The molecular formula is C57H88N4O8. The first kappa shape index (κ1) is 53.2.